The van der Waals surface area contributed by atoms with Gasteiger partial charge < -0.3 is 39.6 Å². The number of ether oxygens (including phenoxy) is 5. The standard InChI is InChI=1S/C23H35N3O9/c1-18(2)35-22(29)5-7-31-9-11-33-13-14-34-12-10-32-8-6-24-23(30)19-3-4-20(25-16-27)21(15-19)26-17-28/h3-4,15-18H,5-14H2,1-2H3,(H,24,30)(H,25,27)(H,26,28). The predicted molar refractivity (Wildman–Crippen MR) is 127 cm³/mol. The number of hydrogen-bond acceptors (Lipinski definition) is 9. The molecule has 0 bridgehead atoms. The molecule has 0 fully saturated rings. The van der Waals surface area contributed by atoms with Gasteiger partial charge in [-0.05, 0) is 32.0 Å². The van der Waals surface area contributed by atoms with E-state index in [1.807, 2.05) is 0 Å². The number of rotatable bonds is 21. The maximum atomic E-state index is 12.2. The van der Waals surface area contributed by atoms with Crippen molar-refractivity contribution in [3.05, 3.63) is 23.8 Å². The van der Waals surface area contributed by atoms with Gasteiger partial charge in [-0.1, -0.05) is 0 Å². The van der Waals surface area contributed by atoms with Crippen LogP contribution in [0.5, 0.6) is 0 Å². The highest BCUT2D eigenvalue weighted by Crippen LogP contribution is 2.22. The lowest BCUT2D eigenvalue weighted by Gasteiger charge is -2.11. The molecule has 0 aromatic heterocycles. The van der Waals surface area contributed by atoms with Gasteiger partial charge in [-0.2, -0.15) is 0 Å². The first-order valence-corrected chi connectivity index (χ1v) is 11.3. The maximum Gasteiger partial charge on any atom is 0.308 e. The Morgan fingerprint density at radius 3 is 1.91 bits per heavy atom. The number of anilines is 2. The third kappa shape index (κ3) is 14.7. The molecule has 12 heteroatoms. The zero-order valence-corrected chi connectivity index (χ0v) is 20.2. The van der Waals surface area contributed by atoms with Gasteiger partial charge in [0.2, 0.25) is 12.8 Å². The minimum Gasteiger partial charge on any atom is -0.463 e. The summed E-state index contributed by atoms with van der Waals surface area (Å²) in [6, 6.07) is 4.51. The molecular formula is C23H35N3O9. The third-order valence-corrected chi connectivity index (χ3v) is 4.18. The van der Waals surface area contributed by atoms with E-state index in [0.717, 1.165) is 0 Å². The zero-order chi connectivity index (χ0) is 25.7. The molecule has 0 heterocycles. The van der Waals surface area contributed by atoms with Gasteiger partial charge in [0, 0.05) is 12.1 Å². The van der Waals surface area contributed by atoms with Crippen LogP contribution < -0.4 is 16.0 Å². The first-order valence-electron chi connectivity index (χ1n) is 11.3. The Kier molecular flexibility index (Phi) is 16.5. The zero-order valence-electron chi connectivity index (χ0n) is 20.2. The number of carbonyl (C=O) groups is 4. The molecule has 0 aliphatic rings. The minimum atomic E-state index is -0.340. The van der Waals surface area contributed by atoms with Gasteiger partial charge in [0.15, 0.2) is 0 Å². The smallest absolute Gasteiger partial charge is 0.308 e. The van der Waals surface area contributed by atoms with E-state index in [2.05, 4.69) is 16.0 Å². The van der Waals surface area contributed by atoms with Gasteiger partial charge in [0.05, 0.1) is 76.8 Å². The molecule has 1 rings (SSSR count). The fourth-order valence-corrected chi connectivity index (χ4v) is 2.64. The maximum absolute atomic E-state index is 12.2. The average Bonchev–Trinajstić information content (AvgIpc) is 2.82. The minimum absolute atomic E-state index is 0.123. The molecule has 0 aliphatic heterocycles. The molecule has 0 atom stereocenters. The fourth-order valence-electron chi connectivity index (χ4n) is 2.64. The number of esters is 1. The van der Waals surface area contributed by atoms with Crippen molar-refractivity contribution in [1.29, 1.82) is 0 Å². The number of nitrogens with one attached hydrogen (secondary N) is 3. The number of benzene rings is 1. The fraction of sp³-hybridized carbons (Fsp3) is 0.565. The molecule has 0 spiro atoms. The Morgan fingerprint density at radius 2 is 1.34 bits per heavy atom. The van der Waals surface area contributed by atoms with E-state index in [1.165, 1.54) is 18.2 Å². The van der Waals surface area contributed by atoms with Crippen molar-refractivity contribution in [2.45, 2.75) is 26.4 Å². The van der Waals surface area contributed by atoms with Crippen LogP contribution in [0, 0.1) is 0 Å². The summed E-state index contributed by atoms with van der Waals surface area (Å²) in [6.45, 7) is 6.86. The van der Waals surface area contributed by atoms with Crippen molar-refractivity contribution >= 4 is 36.1 Å². The molecule has 0 saturated heterocycles. The topological polar surface area (TPSA) is 151 Å². The lowest BCUT2D eigenvalue weighted by atomic mass is 10.1. The van der Waals surface area contributed by atoms with Crippen LogP contribution in [0.25, 0.3) is 0 Å². The van der Waals surface area contributed by atoms with Crippen molar-refractivity contribution in [3.8, 4) is 0 Å². The van der Waals surface area contributed by atoms with Crippen LogP contribution in [0.15, 0.2) is 18.2 Å². The number of amides is 3. The summed E-state index contributed by atoms with van der Waals surface area (Å²) in [4.78, 5) is 44.8. The summed E-state index contributed by atoms with van der Waals surface area (Å²) in [5.41, 5.74) is 1.02. The van der Waals surface area contributed by atoms with Crippen molar-refractivity contribution in [2.24, 2.45) is 0 Å². The summed E-state index contributed by atoms with van der Waals surface area (Å²) in [6.07, 6.45) is 1.04. The van der Waals surface area contributed by atoms with E-state index < -0.39 is 0 Å². The molecule has 3 N–H and O–H groups in total. The molecule has 0 saturated carbocycles. The van der Waals surface area contributed by atoms with Crippen LogP contribution >= 0.6 is 0 Å². The first-order chi connectivity index (χ1) is 17.0. The monoisotopic (exact) mass is 497 g/mol. The average molecular weight is 498 g/mol. The van der Waals surface area contributed by atoms with Crippen LogP contribution in [0.4, 0.5) is 11.4 Å². The summed E-state index contributed by atoms with van der Waals surface area (Å²) in [5.74, 6) is -0.617. The summed E-state index contributed by atoms with van der Waals surface area (Å²) < 4.78 is 26.4. The van der Waals surface area contributed by atoms with Crippen molar-refractivity contribution < 1.29 is 42.9 Å². The number of carbonyl (C=O) groups excluding carboxylic acids is 4. The molecule has 0 unspecified atom stereocenters. The Hall–Kier alpha value is -3.06. The largest absolute Gasteiger partial charge is 0.463 e. The summed E-state index contributed by atoms with van der Waals surface area (Å²) >= 11 is 0. The van der Waals surface area contributed by atoms with Crippen LogP contribution in [0.2, 0.25) is 0 Å². The van der Waals surface area contributed by atoms with E-state index in [0.29, 0.717) is 89.2 Å². The van der Waals surface area contributed by atoms with Gasteiger partial charge in [0.25, 0.3) is 5.91 Å². The van der Waals surface area contributed by atoms with E-state index in [4.69, 9.17) is 23.7 Å². The highest BCUT2D eigenvalue weighted by atomic mass is 16.6. The Bertz CT molecular complexity index is 775. The molecule has 35 heavy (non-hydrogen) atoms. The normalized spacial score (nSPS) is 10.6. The van der Waals surface area contributed by atoms with Crippen molar-refractivity contribution in [3.63, 3.8) is 0 Å². The van der Waals surface area contributed by atoms with Crippen LogP contribution in [-0.4, -0.2) is 90.2 Å². The van der Waals surface area contributed by atoms with Crippen molar-refractivity contribution in [2.75, 3.05) is 70.0 Å². The molecule has 1 aromatic carbocycles. The second kappa shape index (κ2) is 19.3. The third-order valence-electron chi connectivity index (χ3n) is 4.18. The van der Waals surface area contributed by atoms with E-state index >= 15 is 0 Å². The SMILES string of the molecule is CC(C)OC(=O)CCOCCOCCOCCOCCNC(=O)c1ccc(NC=O)c(NC=O)c1. The highest BCUT2D eigenvalue weighted by Gasteiger charge is 2.09. The summed E-state index contributed by atoms with van der Waals surface area (Å²) in [5, 5.41) is 7.58. The molecule has 1 aromatic rings. The molecule has 3 amide bonds. The Morgan fingerprint density at radius 1 is 0.800 bits per heavy atom. The van der Waals surface area contributed by atoms with Gasteiger partial charge in [-0.25, -0.2) is 0 Å². The molecule has 0 aliphatic carbocycles. The Labute approximate surface area is 204 Å². The van der Waals surface area contributed by atoms with Gasteiger partial charge in [-0.3, -0.25) is 19.2 Å². The predicted octanol–water partition coefficient (Wildman–Crippen LogP) is 0.961. The van der Waals surface area contributed by atoms with Crippen LogP contribution in [0.3, 0.4) is 0 Å². The quantitative estimate of drug-likeness (QED) is 0.128. The molecule has 0 radical (unpaired) electrons. The lowest BCUT2D eigenvalue weighted by molar-refractivity contribution is -0.148. The van der Waals surface area contributed by atoms with Gasteiger partial charge in [0.1, 0.15) is 0 Å². The van der Waals surface area contributed by atoms with Crippen molar-refractivity contribution in [1.82, 2.24) is 5.32 Å². The lowest BCUT2D eigenvalue weighted by Crippen LogP contribution is -2.27. The van der Waals surface area contributed by atoms with E-state index in [1.54, 1.807) is 13.8 Å². The Balaban J connectivity index is 1.99. The van der Waals surface area contributed by atoms with Crippen LogP contribution in [0.1, 0.15) is 30.6 Å². The molecule has 12 nitrogen and oxygen atoms in total. The van der Waals surface area contributed by atoms with E-state index in [9.17, 15) is 19.2 Å². The first kappa shape index (κ1) is 30.0. The number of hydrogen-bond donors (Lipinski definition) is 3. The summed E-state index contributed by atoms with van der Waals surface area (Å²) in [7, 11) is 0. The molecular weight excluding hydrogens is 462 g/mol. The van der Waals surface area contributed by atoms with Gasteiger partial charge >= 0.3 is 5.97 Å². The highest BCUT2D eigenvalue weighted by molar-refractivity contribution is 5.98. The second-order valence-electron chi connectivity index (χ2n) is 7.28. The van der Waals surface area contributed by atoms with Crippen LogP contribution in [-0.2, 0) is 38.1 Å². The second-order valence-corrected chi connectivity index (χ2v) is 7.28. The van der Waals surface area contributed by atoms with E-state index in [-0.39, 0.29) is 24.4 Å². The molecule has 196 valence electrons. The van der Waals surface area contributed by atoms with Gasteiger partial charge in [-0.15, -0.1) is 0 Å².